The predicted molar refractivity (Wildman–Crippen MR) is 51.5 cm³/mol. The third kappa shape index (κ3) is 2.18. The van der Waals surface area contributed by atoms with Crippen molar-refractivity contribution in [1.29, 1.82) is 0 Å². The maximum Gasteiger partial charge on any atom is 0.172 e. The first-order chi connectivity index (χ1) is 5.61. The molecule has 1 atom stereocenters. The highest BCUT2D eigenvalue weighted by Gasteiger charge is 2.06. The van der Waals surface area contributed by atoms with Crippen LogP contribution in [0, 0.1) is 5.82 Å². The second-order valence-electron chi connectivity index (χ2n) is 2.83. The van der Waals surface area contributed by atoms with E-state index in [-0.39, 0.29) is 11.9 Å². The van der Waals surface area contributed by atoms with Crippen molar-refractivity contribution in [3.8, 4) is 5.75 Å². The van der Waals surface area contributed by atoms with Gasteiger partial charge in [-0.25, -0.2) is 4.39 Å². The standard InChI is InChI=1S/C9H12FOP/c1-6(2)11-7-4-3-5-8(12)9(7)10/h3-6H,12H2,1-2H3. The maximum atomic E-state index is 13.2. The van der Waals surface area contributed by atoms with Crippen LogP contribution in [0.4, 0.5) is 4.39 Å². The minimum atomic E-state index is -0.295. The van der Waals surface area contributed by atoms with Gasteiger partial charge in [-0.3, -0.25) is 0 Å². The molecule has 3 heteroatoms. The minimum absolute atomic E-state index is 0.00583. The lowest BCUT2D eigenvalue weighted by Crippen LogP contribution is -2.10. The van der Waals surface area contributed by atoms with E-state index in [0.29, 0.717) is 11.1 Å². The van der Waals surface area contributed by atoms with Crippen LogP contribution in [0.3, 0.4) is 0 Å². The zero-order chi connectivity index (χ0) is 9.14. The van der Waals surface area contributed by atoms with Gasteiger partial charge in [0.1, 0.15) is 0 Å². The van der Waals surface area contributed by atoms with E-state index in [2.05, 4.69) is 9.24 Å². The van der Waals surface area contributed by atoms with Crippen molar-refractivity contribution in [1.82, 2.24) is 0 Å². The lowest BCUT2D eigenvalue weighted by atomic mass is 10.3. The van der Waals surface area contributed by atoms with Gasteiger partial charge in [-0.2, -0.15) is 0 Å². The summed E-state index contributed by atoms with van der Waals surface area (Å²) in [5, 5.41) is 0.535. The molecule has 0 aliphatic rings. The van der Waals surface area contributed by atoms with Gasteiger partial charge in [0, 0.05) is 5.30 Å². The van der Waals surface area contributed by atoms with Gasteiger partial charge in [0.05, 0.1) is 6.10 Å². The zero-order valence-corrected chi connectivity index (χ0v) is 8.33. The predicted octanol–water partition coefficient (Wildman–Crippen LogP) is 2.11. The van der Waals surface area contributed by atoms with Crippen molar-refractivity contribution in [2.24, 2.45) is 0 Å². The maximum absolute atomic E-state index is 13.2. The van der Waals surface area contributed by atoms with Crippen LogP contribution in [0.1, 0.15) is 13.8 Å². The van der Waals surface area contributed by atoms with E-state index in [1.165, 1.54) is 0 Å². The normalized spacial score (nSPS) is 10.4. The monoisotopic (exact) mass is 186 g/mol. The number of halogens is 1. The average molecular weight is 186 g/mol. The molecule has 0 amide bonds. The molecular formula is C9H12FOP. The Hall–Kier alpha value is -0.620. The Labute approximate surface area is 74.1 Å². The number of hydrogen-bond donors (Lipinski definition) is 0. The fourth-order valence-corrected chi connectivity index (χ4v) is 1.13. The molecular weight excluding hydrogens is 174 g/mol. The number of rotatable bonds is 2. The molecule has 0 saturated heterocycles. The molecule has 0 fully saturated rings. The Morgan fingerprint density at radius 1 is 1.42 bits per heavy atom. The lowest BCUT2D eigenvalue weighted by molar-refractivity contribution is 0.232. The third-order valence-electron chi connectivity index (χ3n) is 1.36. The topological polar surface area (TPSA) is 9.23 Å². The Balaban J connectivity index is 2.92. The van der Waals surface area contributed by atoms with Crippen molar-refractivity contribution >= 4 is 14.5 Å². The van der Waals surface area contributed by atoms with Gasteiger partial charge < -0.3 is 4.74 Å². The Morgan fingerprint density at radius 3 is 2.67 bits per heavy atom. The molecule has 0 saturated carbocycles. The van der Waals surface area contributed by atoms with Crippen LogP contribution in [0.15, 0.2) is 18.2 Å². The van der Waals surface area contributed by atoms with E-state index in [0.717, 1.165) is 0 Å². The molecule has 0 radical (unpaired) electrons. The first-order valence-electron chi connectivity index (χ1n) is 3.82. The van der Waals surface area contributed by atoms with Crippen molar-refractivity contribution in [3.63, 3.8) is 0 Å². The molecule has 0 aliphatic carbocycles. The molecule has 0 bridgehead atoms. The Bertz CT molecular complexity index is 273. The minimum Gasteiger partial charge on any atom is -0.488 e. The molecule has 66 valence electrons. The molecule has 0 aliphatic heterocycles. The van der Waals surface area contributed by atoms with Crippen molar-refractivity contribution < 1.29 is 9.13 Å². The van der Waals surface area contributed by atoms with Crippen LogP contribution in [-0.4, -0.2) is 6.10 Å². The summed E-state index contributed by atoms with van der Waals surface area (Å²) in [5.41, 5.74) is 0. The van der Waals surface area contributed by atoms with Gasteiger partial charge in [0.25, 0.3) is 0 Å². The molecule has 0 N–H and O–H groups in total. The summed E-state index contributed by atoms with van der Waals surface area (Å²) in [4.78, 5) is 0. The molecule has 1 aromatic rings. The van der Waals surface area contributed by atoms with Gasteiger partial charge in [-0.1, -0.05) is 12.1 Å². The fourth-order valence-electron chi connectivity index (χ4n) is 0.873. The van der Waals surface area contributed by atoms with Crippen LogP contribution in [0.25, 0.3) is 0 Å². The highest BCUT2D eigenvalue weighted by molar-refractivity contribution is 7.27. The third-order valence-corrected chi connectivity index (χ3v) is 1.80. The molecule has 0 spiro atoms. The summed E-state index contributed by atoms with van der Waals surface area (Å²) >= 11 is 0. The van der Waals surface area contributed by atoms with Crippen LogP contribution < -0.4 is 10.0 Å². The number of hydrogen-bond acceptors (Lipinski definition) is 1. The highest BCUT2D eigenvalue weighted by atomic mass is 31.0. The van der Waals surface area contributed by atoms with Crippen LogP contribution in [0.5, 0.6) is 5.75 Å². The zero-order valence-electron chi connectivity index (χ0n) is 7.17. The van der Waals surface area contributed by atoms with Gasteiger partial charge >= 0.3 is 0 Å². The second-order valence-corrected chi connectivity index (χ2v) is 3.45. The summed E-state index contributed by atoms with van der Waals surface area (Å²) < 4.78 is 18.5. The summed E-state index contributed by atoms with van der Waals surface area (Å²) in [7, 11) is 2.33. The number of benzene rings is 1. The van der Waals surface area contributed by atoms with Crippen molar-refractivity contribution in [2.75, 3.05) is 0 Å². The molecule has 1 nitrogen and oxygen atoms in total. The molecule has 12 heavy (non-hydrogen) atoms. The van der Waals surface area contributed by atoms with Crippen molar-refractivity contribution in [3.05, 3.63) is 24.0 Å². The molecule has 1 rings (SSSR count). The first-order valence-corrected chi connectivity index (χ1v) is 4.39. The van der Waals surface area contributed by atoms with E-state index < -0.39 is 0 Å². The lowest BCUT2D eigenvalue weighted by Gasteiger charge is -2.10. The van der Waals surface area contributed by atoms with Gasteiger partial charge in [0.2, 0.25) is 0 Å². The van der Waals surface area contributed by atoms with E-state index in [4.69, 9.17) is 4.74 Å². The molecule has 1 aromatic carbocycles. The first kappa shape index (κ1) is 9.47. The molecule has 1 unspecified atom stereocenters. The van der Waals surface area contributed by atoms with E-state index >= 15 is 0 Å². The largest absolute Gasteiger partial charge is 0.488 e. The van der Waals surface area contributed by atoms with Crippen molar-refractivity contribution in [2.45, 2.75) is 20.0 Å². The smallest absolute Gasteiger partial charge is 0.172 e. The summed E-state index contributed by atoms with van der Waals surface area (Å²) in [5.74, 6) is 0.0219. The second kappa shape index (κ2) is 3.86. The van der Waals surface area contributed by atoms with E-state index in [9.17, 15) is 4.39 Å². The van der Waals surface area contributed by atoms with Gasteiger partial charge in [-0.15, -0.1) is 9.24 Å². The van der Waals surface area contributed by atoms with Crippen LogP contribution in [-0.2, 0) is 0 Å². The summed E-state index contributed by atoms with van der Waals surface area (Å²) in [6.45, 7) is 3.74. The highest BCUT2D eigenvalue weighted by Crippen LogP contribution is 2.16. The summed E-state index contributed by atoms with van der Waals surface area (Å²) in [6.07, 6.45) is 0.00583. The SMILES string of the molecule is CC(C)Oc1cccc(P)c1F. The molecule has 0 heterocycles. The van der Waals surface area contributed by atoms with E-state index in [1.54, 1.807) is 18.2 Å². The van der Waals surface area contributed by atoms with Crippen LogP contribution in [0.2, 0.25) is 0 Å². The Morgan fingerprint density at radius 2 is 2.08 bits per heavy atom. The average Bonchev–Trinajstić information content (AvgIpc) is 1.98. The molecule has 0 aromatic heterocycles. The number of ether oxygens (including phenoxy) is 1. The van der Waals surface area contributed by atoms with Crippen LogP contribution >= 0.6 is 9.24 Å². The van der Waals surface area contributed by atoms with Gasteiger partial charge in [-0.05, 0) is 19.9 Å². The fraction of sp³-hybridized carbons (Fsp3) is 0.333. The Kier molecular flexibility index (Phi) is 3.05. The van der Waals surface area contributed by atoms with E-state index in [1.807, 2.05) is 13.8 Å². The quantitative estimate of drug-likeness (QED) is 0.643. The summed E-state index contributed by atoms with van der Waals surface area (Å²) in [6, 6.07) is 5.08. The van der Waals surface area contributed by atoms with Gasteiger partial charge in [0.15, 0.2) is 11.6 Å².